The maximum atomic E-state index is 11.5. The van der Waals surface area contributed by atoms with Gasteiger partial charge >= 0.3 is 11.8 Å². The predicted molar refractivity (Wildman–Crippen MR) is 77.0 cm³/mol. The quantitative estimate of drug-likeness (QED) is 0.688. The van der Waals surface area contributed by atoms with E-state index in [1.807, 2.05) is 0 Å². The molecule has 0 spiro atoms. The van der Waals surface area contributed by atoms with Crippen LogP contribution in [0.4, 0.5) is 11.6 Å². The number of anilines is 1. The molecule has 0 amide bonds. The van der Waals surface area contributed by atoms with Crippen molar-refractivity contribution >= 4 is 33.9 Å². The Hall–Kier alpha value is -2.16. The molecule has 112 valence electrons. The third-order valence-corrected chi connectivity index (χ3v) is 4.46. The fourth-order valence-corrected chi connectivity index (χ4v) is 3.45. The van der Waals surface area contributed by atoms with E-state index in [9.17, 15) is 20.0 Å². The lowest BCUT2D eigenvalue weighted by Gasteiger charge is -2.26. The van der Waals surface area contributed by atoms with Crippen LogP contribution in [0.1, 0.15) is 25.7 Å². The second-order valence-electron chi connectivity index (χ2n) is 4.97. The third kappa shape index (κ3) is 2.33. The van der Waals surface area contributed by atoms with E-state index in [0.717, 1.165) is 19.3 Å². The number of imidazole rings is 1. The van der Waals surface area contributed by atoms with E-state index in [4.69, 9.17) is 0 Å². The molecule has 21 heavy (non-hydrogen) atoms. The van der Waals surface area contributed by atoms with Gasteiger partial charge < -0.3 is 20.1 Å². The van der Waals surface area contributed by atoms with Gasteiger partial charge in [-0.2, -0.15) is 9.38 Å². The summed E-state index contributed by atoms with van der Waals surface area (Å²) in [6.45, 7) is 0.475. The number of thiazole rings is 1. The molecule has 0 aliphatic carbocycles. The topological polar surface area (TPSA) is 101 Å². The minimum absolute atomic E-state index is 0.153. The predicted octanol–water partition coefficient (Wildman–Crippen LogP) is 2.14. The first kappa shape index (κ1) is 13.8. The zero-order valence-electron chi connectivity index (χ0n) is 11.1. The Balaban J connectivity index is 2.12. The van der Waals surface area contributed by atoms with Gasteiger partial charge in [-0.1, -0.05) is 24.2 Å². The molecular weight excluding hydrogens is 296 g/mol. The zero-order chi connectivity index (χ0) is 15.0. The van der Waals surface area contributed by atoms with Crippen molar-refractivity contribution in [3.8, 4) is 0 Å². The summed E-state index contributed by atoms with van der Waals surface area (Å²) in [6.07, 6.45) is 4.62. The third-order valence-electron chi connectivity index (χ3n) is 3.70. The summed E-state index contributed by atoms with van der Waals surface area (Å²) >= 11 is 1.29. The van der Waals surface area contributed by atoms with Crippen LogP contribution in [-0.2, 0) is 4.79 Å². The molecule has 1 unspecified atom stereocenters. The van der Waals surface area contributed by atoms with Gasteiger partial charge in [0.1, 0.15) is 12.2 Å². The molecule has 2 aromatic rings. The van der Waals surface area contributed by atoms with Gasteiger partial charge in [-0.25, -0.2) is 4.79 Å². The lowest BCUT2D eigenvalue weighted by Crippen LogP contribution is -2.41. The monoisotopic (exact) mass is 310 g/mol. The fourth-order valence-electron chi connectivity index (χ4n) is 2.74. The van der Waals surface area contributed by atoms with Crippen molar-refractivity contribution in [2.75, 3.05) is 11.4 Å². The summed E-state index contributed by atoms with van der Waals surface area (Å²) in [5.41, 5.74) is 0. The zero-order valence-corrected chi connectivity index (χ0v) is 12.0. The minimum atomic E-state index is -0.956. The number of nitro groups is 1. The van der Waals surface area contributed by atoms with E-state index in [1.54, 1.807) is 16.5 Å². The molecule has 1 fully saturated rings. The number of rotatable bonds is 3. The summed E-state index contributed by atoms with van der Waals surface area (Å²) in [5.74, 6) is -0.942. The summed E-state index contributed by atoms with van der Waals surface area (Å²) in [5, 5.41) is 22.5. The second kappa shape index (κ2) is 5.32. The standard InChI is InChI=1S/C12H14N4O4S/c17-11(18)8-4-2-1-3-5-14(8)9-10(16(19)20)15-6-7-21-12(15)13-9/h6-8H,1-5H2,(H,17,18). The molecule has 1 aliphatic heterocycles. The molecule has 1 aliphatic rings. The van der Waals surface area contributed by atoms with Crippen molar-refractivity contribution in [1.29, 1.82) is 0 Å². The van der Waals surface area contributed by atoms with Crippen LogP contribution < -0.4 is 4.90 Å². The normalized spacial score (nSPS) is 19.6. The Labute approximate surface area is 123 Å². The first-order valence-electron chi connectivity index (χ1n) is 6.69. The number of carboxylic acid groups (broad SMARTS) is 1. The highest BCUT2D eigenvalue weighted by Crippen LogP contribution is 2.34. The molecule has 0 aromatic carbocycles. The van der Waals surface area contributed by atoms with E-state index in [-0.39, 0.29) is 11.6 Å². The fraction of sp³-hybridized carbons (Fsp3) is 0.500. The molecule has 9 heteroatoms. The molecule has 1 saturated heterocycles. The van der Waals surface area contributed by atoms with E-state index >= 15 is 0 Å². The van der Waals surface area contributed by atoms with Crippen LogP contribution in [0, 0.1) is 10.1 Å². The van der Waals surface area contributed by atoms with Crippen molar-refractivity contribution in [2.45, 2.75) is 31.7 Å². The van der Waals surface area contributed by atoms with Crippen LogP contribution in [0.2, 0.25) is 0 Å². The van der Waals surface area contributed by atoms with Crippen LogP contribution in [0.15, 0.2) is 11.6 Å². The lowest BCUT2D eigenvalue weighted by molar-refractivity contribution is -0.389. The SMILES string of the molecule is O=C(O)C1CCCCCN1c1nc2sccn2c1[N+](=O)[O-]. The smallest absolute Gasteiger partial charge is 0.373 e. The Bertz CT molecular complexity index is 695. The minimum Gasteiger partial charge on any atom is -0.480 e. The second-order valence-corrected chi connectivity index (χ2v) is 5.84. The number of hydrogen-bond donors (Lipinski definition) is 1. The molecule has 0 saturated carbocycles. The van der Waals surface area contributed by atoms with Crippen molar-refractivity contribution < 1.29 is 14.8 Å². The van der Waals surface area contributed by atoms with E-state index in [2.05, 4.69) is 4.98 Å². The summed E-state index contributed by atoms with van der Waals surface area (Å²) in [7, 11) is 0. The highest BCUT2D eigenvalue weighted by molar-refractivity contribution is 7.15. The first-order valence-corrected chi connectivity index (χ1v) is 7.57. The molecule has 0 radical (unpaired) electrons. The van der Waals surface area contributed by atoms with Crippen LogP contribution in [-0.4, -0.2) is 38.0 Å². The molecule has 2 aromatic heterocycles. The van der Waals surface area contributed by atoms with Crippen molar-refractivity contribution in [3.63, 3.8) is 0 Å². The lowest BCUT2D eigenvalue weighted by atomic mass is 10.1. The van der Waals surface area contributed by atoms with Gasteiger partial charge in [0.05, 0.1) is 0 Å². The number of carboxylic acids is 1. The van der Waals surface area contributed by atoms with Crippen LogP contribution in [0.5, 0.6) is 0 Å². The number of aromatic nitrogens is 2. The van der Waals surface area contributed by atoms with Crippen molar-refractivity contribution in [1.82, 2.24) is 9.38 Å². The Morgan fingerprint density at radius 1 is 1.48 bits per heavy atom. The van der Waals surface area contributed by atoms with Crippen molar-refractivity contribution in [3.05, 3.63) is 21.7 Å². The van der Waals surface area contributed by atoms with E-state index < -0.39 is 16.9 Å². The summed E-state index contributed by atoms with van der Waals surface area (Å²) in [6, 6.07) is -0.754. The van der Waals surface area contributed by atoms with Gasteiger partial charge in [0, 0.05) is 11.9 Å². The number of nitrogens with zero attached hydrogens (tertiary/aromatic N) is 4. The maximum absolute atomic E-state index is 11.5. The number of hydrogen-bond acceptors (Lipinski definition) is 6. The molecular formula is C12H14N4O4S. The average molecular weight is 310 g/mol. The molecule has 1 N–H and O–H groups in total. The van der Waals surface area contributed by atoms with Crippen LogP contribution >= 0.6 is 11.3 Å². The Morgan fingerprint density at radius 3 is 3.00 bits per heavy atom. The van der Waals surface area contributed by atoms with Gasteiger partial charge in [-0.05, 0) is 17.8 Å². The first-order chi connectivity index (χ1) is 10.1. The number of carbonyl (C=O) groups is 1. The van der Waals surface area contributed by atoms with Crippen LogP contribution in [0.3, 0.4) is 0 Å². The molecule has 3 rings (SSSR count). The van der Waals surface area contributed by atoms with Gasteiger partial charge in [-0.15, -0.1) is 0 Å². The van der Waals surface area contributed by atoms with Gasteiger partial charge in [-0.3, -0.25) is 0 Å². The number of fused-ring (bicyclic) bond motifs is 1. The van der Waals surface area contributed by atoms with E-state index in [0.29, 0.717) is 17.9 Å². The van der Waals surface area contributed by atoms with E-state index in [1.165, 1.54) is 15.7 Å². The molecule has 3 heterocycles. The van der Waals surface area contributed by atoms with Gasteiger partial charge in [0.2, 0.25) is 5.82 Å². The maximum Gasteiger partial charge on any atom is 0.373 e. The van der Waals surface area contributed by atoms with Crippen LogP contribution in [0.25, 0.3) is 4.96 Å². The number of aliphatic carboxylic acids is 1. The van der Waals surface area contributed by atoms with Crippen molar-refractivity contribution in [2.24, 2.45) is 0 Å². The molecule has 1 atom stereocenters. The van der Waals surface area contributed by atoms with Gasteiger partial charge in [0.25, 0.3) is 4.96 Å². The average Bonchev–Trinajstić information content (AvgIpc) is 2.90. The summed E-state index contributed by atoms with van der Waals surface area (Å²) in [4.78, 5) is 28.7. The highest BCUT2D eigenvalue weighted by Gasteiger charge is 2.35. The highest BCUT2D eigenvalue weighted by atomic mass is 32.1. The Kier molecular flexibility index (Phi) is 3.50. The largest absolute Gasteiger partial charge is 0.480 e. The van der Waals surface area contributed by atoms with Gasteiger partial charge in [0.15, 0.2) is 0 Å². The molecule has 8 nitrogen and oxygen atoms in total. The Morgan fingerprint density at radius 2 is 2.29 bits per heavy atom. The summed E-state index contributed by atoms with van der Waals surface area (Å²) < 4.78 is 1.41. The molecule has 0 bridgehead atoms.